The average molecular weight is 280 g/mol. The first-order valence-corrected chi connectivity index (χ1v) is 6.74. The van der Waals surface area contributed by atoms with Gasteiger partial charge >= 0.3 is 0 Å². The fourth-order valence-corrected chi connectivity index (χ4v) is 2.28. The Kier molecular flexibility index (Phi) is 3.54. The second-order valence-electron chi connectivity index (χ2n) is 4.91. The Bertz CT molecular complexity index is 787. The molecule has 0 radical (unpaired) electrons. The van der Waals surface area contributed by atoms with Crippen LogP contribution in [0.1, 0.15) is 23.1 Å². The molecule has 106 valence electrons. The van der Waals surface area contributed by atoms with E-state index >= 15 is 0 Å². The van der Waals surface area contributed by atoms with Gasteiger partial charge in [0, 0.05) is 17.1 Å². The molecule has 4 nitrogen and oxygen atoms in total. The van der Waals surface area contributed by atoms with Crippen LogP contribution in [0.5, 0.6) is 5.88 Å². The lowest BCUT2D eigenvalue weighted by molar-refractivity contribution is 0.214. The first kappa shape index (κ1) is 13.5. The smallest absolute Gasteiger partial charge is 0.213 e. The molecular formula is C17H16N2O2. The van der Waals surface area contributed by atoms with Crippen LogP contribution >= 0.6 is 0 Å². The van der Waals surface area contributed by atoms with Gasteiger partial charge in [-0.1, -0.05) is 18.2 Å². The molecule has 0 bridgehead atoms. The van der Waals surface area contributed by atoms with Gasteiger partial charge < -0.3 is 9.84 Å². The molecule has 0 amide bonds. The summed E-state index contributed by atoms with van der Waals surface area (Å²) in [5, 5.41) is 11.5. The SMILES string of the molecule is COc1cccc(C(O)c2ccc3nc(C)ccc3c2)n1. The highest BCUT2D eigenvalue weighted by Crippen LogP contribution is 2.25. The number of methoxy groups -OCH3 is 1. The zero-order chi connectivity index (χ0) is 14.8. The number of nitrogens with zero attached hydrogens (tertiary/aromatic N) is 2. The molecule has 21 heavy (non-hydrogen) atoms. The summed E-state index contributed by atoms with van der Waals surface area (Å²) >= 11 is 0. The Morgan fingerprint density at radius 2 is 1.90 bits per heavy atom. The maximum Gasteiger partial charge on any atom is 0.213 e. The van der Waals surface area contributed by atoms with Gasteiger partial charge in [0.05, 0.1) is 18.3 Å². The highest BCUT2D eigenvalue weighted by molar-refractivity contribution is 5.79. The average Bonchev–Trinajstić information content (AvgIpc) is 2.53. The number of hydrogen-bond acceptors (Lipinski definition) is 4. The Morgan fingerprint density at radius 1 is 1.05 bits per heavy atom. The number of aromatic nitrogens is 2. The maximum absolute atomic E-state index is 10.5. The zero-order valence-corrected chi connectivity index (χ0v) is 11.9. The van der Waals surface area contributed by atoms with Crippen molar-refractivity contribution in [1.82, 2.24) is 9.97 Å². The summed E-state index contributed by atoms with van der Waals surface area (Å²) in [6.45, 7) is 1.96. The van der Waals surface area contributed by atoms with Crippen molar-refractivity contribution in [3.63, 3.8) is 0 Å². The fourth-order valence-electron chi connectivity index (χ4n) is 2.28. The normalized spacial score (nSPS) is 12.3. The lowest BCUT2D eigenvalue weighted by atomic mass is 10.0. The minimum Gasteiger partial charge on any atom is -0.481 e. The third-order valence-corrected chi connectivity index (χ3v) is 3.40. The van der Waals surface area contributed by atoms with Crippen LogP contribution in [-0.4, -0.2) is 22.2 Å². The van der Waals surface area contributed by atoms with Gasteiger partial charge in [0.2, 0.25) is 5.88 Å². The van der Waals surface area contributed by atoms with E-state index < -0.39 is 6.10 Å². The molecule has 1 atom stereocenters. The number of hydrogen-bond donors (Lipinski definition) is 1. The number of aryl methyl sites for hydroxylation is 1. The lowest BCUT2D eigenvalue weighted by Gasteiger charge is -2.12. The van der Waals surface area contributed by atoms with Crippen molar-refractivity contribution < 1.29 is 9.84 Å². The third-order valence-electron chi connectivity index (χ3n) is 3.40. The molecule has 0 fully saturated rings. The first-order chi connectivity index (χ1) is 10.2. The van der Waals surface area contributed by atoms with Gasteiger partial charge in [0.25, 0.3) is 0 Å². The molecule has 1 N–H and O–H groups in total. The standard InChI is InChI=1S/C17H16N2O2/c1-11-6-7-12-10-13(8-9-14(12)18-11)17(20)15-4-3-5-16(19-15)21-2/h3-10,17,20H,1-2H3. The molecule has 3 rings (SSSR count). The van der Waals surface area contributed by atoms with Gasteiger partial charge in [-0.3, -0.25) is 4.98 Å². The molecule has 0 aliphatic rings. The van der Waals surface area contributed by atoms with E-state index in [0.717, 1.165) is 22.2 Å². The van der Waals surface area contributed by atoms with Crippen LogP contribution < -0.4 is 4.74 Å². The van der Waals surface area contributed by atoms with Crippen molar-refractivity contribution in [1.29, 1.82) is 0 Å². The lowest BCUT2D eigenvalue weighted by Crippen LogP contribution is -2.03. The van der Waals surface area contributed by atoms with E-state index in [0.29, 0.717) is 11.6 Å². The number of rotatable bonds is 3. The summed E-state index contributed by atoms with van der Waals surface area (Å²) < 4.78 is 5.09. The number of fused-ring (bicyclic) bond motifs is 1. The largest absolute Gasteiger partial charge is 0.481 e. The van der Waals surface area contributed by atoms with Crippen LogP contribution in [-0.2, 0) is 0 Å². The van der Waals surface area contributed by atoms with E-state index in [1.165, 1.54) is 0 Å². The van der Waals surface area contributed by atoms with Gasteiger partial charge in [0.1, 0.15) is 6.10 Å². The van der Waals surface area contributed by atoms with Crippen molar-refractivity contribution in [2.24, 2.45) is 0 Å². The van der Waals surface area contributed by atoms with Crippen molar-refractivity contribution >= 4 is 10.9 Å². The first-order valence-electron chi connectivity index (χ1n) is 6.74. The molecule has 2 heterocycles. The van der Waals surface area contributed by atoms with Gasteiger partial charge in [-0.15, -0.1) is 0 Å². The summed E-state index contributed by atoms with van der Waals surface area (Å²) in [4.78, 5) is 8.73. The Labute approximate surface area is 123 Å². The minimum atomic E-state index is -0.786. The second-order valence-corrected chi connectivity index (χ2v) is 4.91. The maximum atomic E-state index is 10.5. The molecule has 3 aromatic rings. The van der Waals surface area contributed by atoms with Crippen LogP contribution in [0.3, 0.4) is 0 Å². The van der Waals surface area contributed by atoms with E-state index in [2.05, 4.69) is 9.97 Å². The predicted molar refractivity (Wildman–Crippen MR) is 81.3 cm³/mol. The Morgan fingerprint density at radius 3 is 2.71 bits per heavy atom. The van der Waals surface area contributed by atoms with Gasteiger partial charge in [-0.05, 0) is 36.8 Å². The molecular weight excluding hydrogens is 264 g/mol. The molecule has 1 aromatic carbocycles. The summed E-state index contributed by atoms with van der Waals surface area (Å²) in [5.41, 5.74) is 3.25. The highest BCUT2D eigenvalue weighted by atomic mass is 16.5. The zero-order valence-electron chi connectivity index (χ0n) is 11.9. The summed E-state index contributed by atoms with van der Waals surface area (Å²) in [6, 6.07) is 15.1. The Hall–Kier alpha value is -2.46. The molecule has 0 saturated heterocycles. The molecule has 2 aromatic heterocycles. The summed E-state index contributed by atoms with van der Waals surface area (Å²) in [5.74, 6) is 0.490. The molecule has 0 spiro atoms. The van der Waals surface area contributed by atoms with Crippen molar-refractivity contribution in [2.75, 3.05) is 7.11 Å². The molecule has 0 aliphatic carbocycles. The topological polar surface area (TPSA) is 55.2 Å². The number of aliphatic hydroxyl groups excluding tert-OH is 1. The highest BCUT2D eigenvalue weighted by Gasteiger charge is 2.13. The molecule has 0 saturated carbocycles. The fraction of sp³-hybridized carbons (Fsp3) is 0.176. The van der Waals surface area contributed by atoms with Crippen molar-refractivity contribution in [3.05, 3.63) is 65.5 Å². The number of ether oxygens (including phenoxy) is 1. The van der Waals surface area contributed by atoms with Crippen LogP contribution in [0, 0.1) is 6.92 Å². The molecule has 4 heteroatoms. The van der Waals surface area contributed by atoms with Gasteiger partial charge in [0.15, 0.2) is 0 Å². The van der Waals surface area contributed by atoms with E-state index in [1.807, 2.05) is 43.3 Å². The monoisotopic (exact) mass is 280 g/mol. The molecule has 1 unspecified atom stereocenters. The van der Waals surface area contributed by atoms with Crippen molar-refractivity contribution in [2.45, 2.75) is 13.0 Å². The van der Waals surface area contributed by atoms with E-state index in [-0.39, 0.29) is 0 Å². The van der Waals surface area contributed by atoms with Crippen LogP contribution in [0.15, 0.2) is 48.5 Å². The Balaban J connectivity index is 2.00. The van der Waals surface area contributed by atoms with E-state index in [9.17, 15) is 5.11 Å². The van der Waals surface area contributed by atoms with Crippen LogP contribution in [0.4, 0.5) is 0 Å². The van der Waals surface area contributed by atoms with Crippen LogP contribution in [0.2, 0.25) is 0 Å². The third kappa shape index (κ3) is 2.71. The second kappa shape index (κ2) is 5.50. The van der Waals surface area contributed by atoms with E-state index in [4.69, 9.17) is 4.74 Å². The minimum absolute atomic E-state index is 0.490. The number of aliphatic hydroxyl groups is 1. The summed E-state index contributed by atoms with van der Waals surface area (Å²) in [7, 11) is 1.56. The summed E-state index contributed by atoms with van der Waals surface area (Å²) in [6.07, 6.45) is -0.786. The van der Waals surface area contributed by atoms with Gasteiger partial charge in [-0.25, -0.2) is 4.98 Å². The van der Waals surface area contributed by atoms with Gasteiger partial charge in [-0.2, -0.15) is 0 Å². The molecule has 0 aliphatic heterocycles. The van der Waals surface area contributed by atoms with E-state index in [1.54, 1.807) is 19.2 Å². The predicted octanol–water partition coefficient (Wildman–Crippen LogP) is 3.03. The number of pyridine rings is 2. The quantitative estimate of drug-likeness (QED) is 0.801. The van der Waals surface area contributed by atoms with Crippen LogP contribution in [0.25, 0.3) is 10.9 Å². The van der Waals surface area contributed by atoms with Crippen molar-refractivity contribution in [3.8, 4) is 5.88 Å². The number of benzene rings is 1.